The summed E-state index contributed by atoms with van der Waals surface area (Å²) < 4.78 is 27.5. The number of amides is 1. The Bertz CT molecular complexity index is 1120. The molecule has 1 aromatic heterocycles. The third kappa shape index (κ3) is 4.46. The third-order valence-corrected chi connectivity index (χ3v) is 6.19. The minimum absolute atomic E-state index is 0.0136. The molecule has 2 aromatic carbocycles. The Morgan fingerprint density at radius 2 is 1.90 bits per heavy atom. The van der Waals surface area contributed by atoms with Crippen molar-refractivity contribution in [1.82, 2.24) is 4.98 Å². The van der Waals surface area contributed by atoms with Gasteiger partial charge >= 0.3 is 0 Å². The molecule has 0 fully saturated rings. The molecule has 1 aliphatic heterocycles. The largest absolute Gasteiger partial charge is 0.308 e. The van der Waals surface area contributed by atoms with E-state index in [9.17, 15) is 13.2 Å². The summed E-state index contributed by atoms with van der Waals surface area (Å²) in [5, 5.41) is 0. The molecule has 0 spiro atoms. The molecule has 1 amide bonds. The zero-order valence-electron chi connectivity index (χ0n) is 15.8. The molecule has 6 nitrogen and oxygen atoms in total. The SMILES string of the molecule is O=C(c1cccnc1)N1CCc2cc(NS(=O)(=O)CCc3ccccc3)ccc21. The molecule has 0 atom stereocenters. The molecule has 0 saturated heterocycles. The van der Waals surface area contributed by atoms with Crippen LogP contribution in [0.5, 0.6) is 0 Å². The number of nitrogens with zero attached hydrogens (tertiary/aromatic N) is 2. The Hall–Kier alpha value is -3.19. The maximum atomic E-state index is 12.7. The Morgan fingerprint density at radius 3 is 2.66 bits per heavy atom. The smallest absolute Gasteiger partial charge is 0.259 e. The molecule has 0 aliphatic carbocycles. The van der Waals surface area contributed by atoms with Crippen LogP contribution in [-0.4, -0.2) is 31.6 Å². The van der Waals surface area contributed by atoms with Gasteiger partial charge in [0.05, 0.1) is 11.3 Å². The molecule has 4 rings (SSSR count). The first-order valence-electron chi connectivity index (χ1n) is 9.41. The molecule has 148 valence electrons. The molecule has 0 bridgehead atoms. The van der Waals surface area contributed by atoms with Crippen LogP contribution in [0.3, 0.4) is 0 Å². The highest BCUT2D eigenvalue weighted by Crippen LogP contribution is 2.31. The van der Waals surface area contributed by atoms with Crippen molar-refractivity contribution in [3.05, 3.63) is 89.7 Å². The number of sulfonamides is 1. The van der Waals surface area contributed by atoms with Gasteiger partial charge in [0.25, 0.3) is 5.91 Å². The van der Waals surface area contributed by atoms with Crippen molar-refractivity contribution in [3.8, 4) is 0 Å². The van der Waals surface area contributed by atoms with E-state index < -0.39 is 10.0 Å². The van der Waals surface area contributed by atoms with Gasteiger partial charge in [-0.15, -0.1) is 0 Å². The van der Waals surface area contributed by atoms with Gasteiger partial charge in [-0.2, -0.15) is 0 Å². The Balaban J connectivity index is 1.45. The van der Waals surface area contributed by atoms with E-state index >= 15 is 0 Å². The fourth-order valence-corrected chi connectivity index (χ4v) is 4.54. The van der Waals surface area contributed by atoms with Crippen LogP contribution < -0.4 is 9.62 Å². The van der Waals surface area contributed by atoms with E-state index in [2.05, 4.69) is 9.71 Å². The molecule has 1 aliphatic rings. The summed E-state index contributed by atoms with van der Waals surface area (Å²) in [5.41, 5.74) is 3.80. The number of nitrogens with one attached hydrogen (secondary N) is 1. The van der Waals surface area contributed by atoms with Gasteiger partial charge in [-0.05, 0) is 54.3 Å². The lowest BCUT2D eigenvalue weighted by molar-refractivity contribution is 0.0989. The lowest BCUT2D eigenvalue weighted by Crippen LogP contribution is -2.28. The Morgan fingerprint density at radius 1 is 1.07 bits per heavy atom. The van der Waals surface area contributed by atoms with Crippen molar-refractivity contribution in [2.24, 2.45) is 0 Å². The lowest BCUT2D eigenvalue weighted by Gasteiger charge is -2.17. The van der Waals surface area contributed by atoms with Gasteiger partial charge in [0.1, 0.15) is 0 Å². The molecule has 2 heterocycles. The maximum Gasteiger partial charge on any atom is 0.259 e. The molecule has 0 unspecified atom stereocenters. The number of aromatic nitrogens is 1. The summed E-state index contributed by atoms with van der Waals surface area (Å²) in [7, 11) is -3.46. The maximum absolute atomic E-state index is 12.7. The number of hydrogen-bond donors (Lipinski definition) is 1. The van der Waals surface area contributed by atoms with Gasteiger partial charge < -0.3 is 4.90 Å². The fraction of sp³-hybridized carbons (Fsp3) is 0.182. The normalized spacial score (nSPS) is 13.2. The minimum Gasteiger partial charge on any atom is -0.308 e. The van der Waals surface area contributed by atoms with Gasteiger partial charge in [0, 0.05) is 30.3 Å². The van der Waals surface area contributed by atoms with Crippen molar-refractivity contribution in [2.75, 3.05) is 21.9 Å². The average molecular weight is 407 g/mol. The highest BCUT2D eigenvalue weighted by Gasteiger charge is 2.26. The van der Waals surface area contributed by atoms with Gasteiger partial charge in [0.15, 0.2) is 0 Å². The van der Waals surface area contributed by atoms with E-state index in [4.69, 9.17) is 0 Å². The van der Waals surface area contributed by atoms with E-state index in [1.807, 2.05) is 36.4 Å². The van der Waals surface area contributed by atoms with Crippen molar-refractivity contribution < 1.29 is 13.2 Å². The zero-order valence-corrected chi connectivity index (χ0v) is 16.6. The summed E-state index contributed by atoms with van der Waals surface area (Å²) in [4.78, 5) is 18.4. The second-order valence-corrected chi connectivity index (χ2v) is 8.79. The van der Waals surface area contributed by atoms with E-state index in [-0.39, 0.29) is 11.7 Å². The van der Waals surface area contributed by atoms with Gasteiger partial charge in [-0.1, -0.05) is 30.3 Å². The number of carbonyl (C=O) groups excluding carboxylic acids is 1. The predicted molar refractivity (Wildman–Crippen MR) is 114 cm³/mol. The average Bonchev–Trinajstić information content (AvgIpc) is 3.16. The topological polar surface area (TPSA) is 79.4 Å². The van der Waals surface area contributed by atoms with Crippen molar-refractivity contribution in [2.45, 2.75) is 12.8 Å². The van der Waals surface area contributed by atoms with Crippen LogP contribution in [0.15, 0.2) is 73.1 Å². The number of rotatable bonds is 6. The lowest BCUT2D eigenvalue weighted by atomic mass is 10.1. The second-order valence-electron chi connectivity index (χ2n) is 6.95. The number of anilines is 2. The first-order valence-corrected chi connectivity index (χ1v) is 11.1. The molecular formula is C22H21N3O3S. The first-order chi connectivity index (χ1) is 14.0. The summed E-state index contributed by atoms with van der Waals surface area (Å²) in [6, 6.07) is 18.3. The van der Waals surface area contributed by atoms with Crippen molar-refractivity contribution >= 4 is 27.3 Å². The van der Waals surface area contributed by atoms with Crippen molar-refractivity contribution in [1.29, 1.82) is 0 Å². The standard InChI is InChI=1S/C22H21N3O3S/c26-22(19-7-4-12-23-16-19)25-13-10-18-15-20(8-9-21(18)25)24-29(27,28)14-11-17-5-2-1-3-6-17/h1-9,12,15-16,24H,10-11,13-14H2. The van der Waals surface area contributed by atoms with Crippen LogP contribution in [0.1, 0.15) is 21.5 Å². The highest BCUT2D eigenvalue weighted by atomic mass is 32.2. The molecule has 3 aromatic rings. The molecule has 0 saturated carbocycles. The van der Waals surface area contributed by atoms with E-state index in [1.54, 1.807) is 41.6 Å². The quantitative estimate of drug-likeness (QED) is 0.680. The summed E-state index contributed by atoms with van der Waals surface area (Å²) in [5.74, 6) is -0.0901. The van der Waals surface area contributed by atoms with E-state index in [0.29, 0.717) is 30.6 Å². The van der Waals surface area contributed by atoms with Crippen LogP contribution in [0.25, 0.3) is 0 Å². The molecular weight excluding hydrogens is 386 g/mol. The van der Waals surface area contributed by atoms with E-state index in [1.165, 1.54) is 0 Å². The third-order valence-electron chi connectivity index (χ3n) is 4.90. The molecule has 7 heteroatoms. The summed E-state index contributed by atoms with van der Waals surface area (Å²) in [6.45, 7) is 0.563. The minimum atomic E-state index is -3.46. The molecule has 0 radical (unpaired) electrons. The number of aryl methyl sites for hydroxylation is 1. The number of carbonyl (C=O) groups is 1. The number of benzene rings is 2. The number of hydrogen-bond acceptors (Lipinski definition) is 4. The van der Waals surface area contributed by atoms with Crippen LogP contribution in [-0.2, 0) is 22.9 Å². The van der Waals surface area contributed by atoms with Gasteiger partial charge in [0.2, 0.25) is 10.0 Å². The number of fused-ring (bicyclic) bond motifs is 1. The second kappa shape index (κ2) is 8.05. The summed E-state index contributed by atoms with van der Waals surface area (Å²) >= 11 is 0. The monoisotopic (exact) mass is 407 g/mol. The van der Waals surface area contributed by atoms with Crippen LogP contribution in [0.4, 0.5) is 11.4 Å². The summed E-state index contributed by atoms with van der Waals surface area (Å²) in [6.07, 6.45) is 4.32. The Kier molecular flexibility index (Phi) is 5.31. The first kappa shape index (κ1) is 19.1. The van der Waals surface area contributed by atoms with Crippen LogP contribution in [0, 0.1) is 0 Å². The van der Waals surface area contributed by atoms with Crippen LogP contribution in [0.2, 0.25) is 0 Å². The van der Waals surface area contributed by atoms with Crippen LogP contribution >= 0.6 is 0 Å². The zero-order chi connectivity index (χ0) is 20.3. The van der Waals surface area contributed by atoms with Gasteiger partial charge in [-0.3, -0.25) is 14.5 Å². The fourth-order valence-electron chi connectivity index (χ4n) is 3.45. The molecule has 1 N–H and O–H groups in total. The van der Waals surface area contributed by atoms with E-state index in [0.717, 1.165) is 16.8 Å². The predicted octanol–water partition coefficient (Wildman–Crippen LogP) is 3.27. The molecule has 29 heavy (non-hydrogen) atoms. The Labute approximate surface area is 170 Å². The number of pyridine rings is 1. The van der Waals surface area contributed by atoms with Gasteiger partial charge in [-0.25, -0.2) is 8.42 Å². The van der Waals surface area contributed by atoms with Crippen molar-refractivity contribution in [3.63, 3.8) is 0 Å². The highest BCUT2D eigenvalue weighted by molar-refractivity contribution is 7.92.